The number of hydrogen-bond donors (Lipinski definition) is 2. The third-order valence-electron chi connectivity index (χ3n) is 0.867. The maximum absolute atomic E-state index is 10.3. The Morgan fingerprint density at radius 2 is 1.18 bits per heavy atom. The summed E-state index contributed by atoms with van der Waals surface area (Å²) in [5, 5.41) is 3.20. The van der Waals surface area contributed by atoms with E-state index in [1.165, 1.54) is 0 Å². The molecule has 1 fully saturated rings. The fourth-order valence-corrected chi connectivity index (χ4v) is 0.454. The van der Waals surface area contributed by atoms with Crippen molar-refractivity contribution in [3.8, 4) is 0 Å². The van der Waals surface area contributed by atoms with Crippen LogP contribution in [0.15, 0.2) is 0 Å². The number of hydrogen-bond acceptors (Lipinski definition) is 4. The monoisotopic (exact) mass is 198 g/mol. The molecule has 1 aliphatic rings. The minimum Gasteiger partial charge on any atom is -0.277 e. The molecule has 0 aromatic heterocycles. The molecule has 0 spiro atoms. The molecule has 1 heterocycles. The van der Waals surface area contributed by atoms with Crippen LogP contribution in [0.25, 0.3) is 0 Å². The Morgan fingerprint density at radius 1 is 0.818 bits per heavy atom. The number of nitrogens with one attached hydrogen (secondary N) is 2. The second-order valence-corrected chi connectivity index (χ2v) is 1.57. The van der Waals surface area contributed by atoms with Gasteiger partial charge in [-0.05, 0) is 0 Å². The fourth-order valence-electron chi connectivity index (χ4n) is 0.454. The van der Waals surface area contributed by atoms with Crippen LogP contribution in [-0.4, -0.2) is 23.6 Å². The molecule has 0 radical (unpaired) electrons. The van der Waals surface area contributed by atoms with E-state index in [0.717, 1.165) is 0 Å². The fraction of sp³-hybridized carbons (Fsp3) is 0. The molecular weight excluding hydrogens is 196 g/mol. The number of carbonyl (C=O) groups excluding carboxylic acids is 4. The standard InChI is InChI=1S/C4H2N2O4.Fe/c7-1-2(8)5-4(10)6-3(1)9;/h(H2,5,6,8,9,10);. The van der Waals surface area contributed by atoms with E-state index in [4.69, 9.17) is 0 Å². The summed E-state index contributed by atoms with van der Waals surface area (Å²) in [6, 6.07) is -0.963. The predicted molar refractivity (Wildman–Crippen MR) is 26.7 cm³/mol. The zero-order valence-corrected chi connectivity index (χ0v) is 6.09. The van der Waals surface area contributed by atoms with Gasteiger partial charge in [0, 0.05) is 17.1 Å². The van der Waals surface area contributed by atoms with Crippen molar-refractivity contribution in [2.75, 3.05) is 0 Å². The first-order valence-electron chi connectivity index (χ1n) is 2.32. The van der Waals surface area contributed by atoms with Crippen LogP contribution in [0, 0.1) is 0 Å². The van der Waals surface area contributed by atoms with Gasteiger partial charge in [-0.1, -0.05) is 0 Å². The van der Waals surface area contributed by atoms with Gasteiger partial charge in [-0.3, -0.25) is 25.0 Å². The van der Waals surface area contributed by atoms with E-state index in [-0.39, 0.29) is 17.1 Å². The van der Waals surface area contributed by atoms with Crippen molar-refractivity contribution < 1.29 is 36.2 Å². The molecule has 4 amide bonds. The Balaban J connectivity index is 0.000001000. The van der Waals surface area contributed by atoms with Crippen molar-refractivity contribution in [3.63, 3.8) is 0 Å². The molecule has 0 aromatic carbocycles. The molecule has 7 heteroatoms. The van der Waals surface area contributed by atoms with Gasteiger partial charge in [-0.2, -0.15) is 0 Å². The van der Waals surface area contributed by atoms with Gasteiger partial charge >= 0.3 is 23.6 Å². The zero-order chi connectivity index (χ0) is 7.72. The molecule has 0 atom stereocenters. The Hall–Kier alpha value is -1.20. The number of urea groups is 1. The van der Waals surface area contributed by atoms with Crippen LogP contribution in [0.4, 0.5) is 4.79 Å². The average molecular weight is 198 g/mol. The first-order chi connectivity index (χ1) is 4.61. The number of barbiturate groups is 1. The molecule has 0 saturated carbocycles. The molecule has 1 aliphatic heterocycles. The second-order valence-electron chi connectivity index (χ2n) is 1.57. The number of Topliss-reactive ketones (excluding diaryl/α,β-unsaturated/α-hetero) is 1. The van der Waals surface area contributed by atoms with E-state index in [2.05, 4.69) is 0 Å². The van der Waals surface area contributed by atoms with Crippen LogP contribution < -0.4 is 10.6 Å². The van der Waals surface area contributed by atoms with Gasteiger partial charge in [0.25, 0.3) is 0 Å². The van der Waals surface area contributed by atoms with Gasteiger partial charge in [-0.25, -0.2) is 4.79 Å². The Bertz CT molecular complexity index is 226. The molecule has 6 nitrogen and oxygen atoms in total. The van der Waals surface area contributed by atoms with Gasteiger partial charge in [-0.15, -0.1) is 0 Å². The zero-order valence-electron chi connectivity index (χ0n) is 4.99. The number of rotatable bonds is 0. The van der Waals surface area contributed by atoms with E-state index in [0.29, 0.717) is 0 Å². The van der Waals surface area contributed by atoms with Crippen molar-refractivity contribution in [2.24, 2.45) is 0 Å². The maximum Gasteiger partial charge on any atom is 0.328 e. The first-order valence-corrected chi connectivity index (χ1v) is 2.32. The number of carbonyl (C=O) groups is 4. The van der Waals surface area contributed by atoms with Gasteiger partial charge < -0.3 is 0 Å². The quantitative estimate of drug-likeness (QED) is 0.345. The molecule has 1 saturated heterocycles. The van der Waals surface area contributed by atoms with Crippen molar-refractivity contribution in [1.82, 2.24) is 10.6 Å². The van der Waals surface area contributed by atoms with Gasteiger partial charge in [0.05, 0.1) is 0 Å². The summed E-state index contributed by atoms with van der Waals surface area (Å²) in [6.07, 6.45) is 0. The molecule has 1 rings (SSSR count). The second kappa shape index (κ2) is 3.27. The Morgan fingerprint density at radius 3 is 1.55 bits per heavy atom. The summed E-state index contributed by atoms with van der Waals surface area (Å²) in [5.41, 5.74) is 0. The van der Waals surface area contributed by atoms with Crippen molar-refractivity contribution in [3.05, 3.63) is 0 Å². The van der Waals surface area contributed by atoms with Crippen LogP contribution in [0.1, 0.15) is 0 Å². The molecule has 11 heavy (non-hydrogen) atoms. The third kappa shape index (κ3) is 1.86. The SMILES string of the molecule is O=C1NC(=O)C(=O)C(=O)N1.[Fe]. The van der Waals surface area contributed by atoms with E-state index in [1.807, 2.05) is 0 Å². The third-order valence-corrected chi connectivity index (χ3v) is 0.867. The van der Waals surface area contributed by atoms with Crippen molar-refractivity contribution in [1.29, 1.82) is 0 Å². The molecule has 0 unspecified atom stereocenters. The summed E-state index contributed by atoms with van der Waals surface area (Å²) in [5.74, 6) is -3.62. The molecular formula is C4H2FeN2O4. The maximum atomic E-state index is 10.3. The molecule has 0 bridgehead atoms. The van der Waals surface area contributed by atoms with E-state index < -0.39 is 23.6 Å². The summed E-state index contributed by atoms with van der Waals surface area (Å²) < 4.78 is 0. The van der Waals surface area contributed by atoms with Crippen LogP contribution in [0.2, 0.25) is 0 Å². The Labute approximate surface area is 71.2 Å². The normalized spacial score (nSPS) is 16.7. The summed E-state index contributed by atoms with van der Waals surface area (Å²) in [4.78, 5) is 41.1. The molecule has 0 aliphatic carbocycles. The average Bonchev–Trinajstić information content (AvgIpc) is 1.82. The van der Waals surface area contributed by atoms with E-state index >= 15 is 0 Å². The number of amides is 4. The molecule has 60 valence electrons. The first kappa shape index (κ1) is 9.80. The van der Waals surface area contributed by atoms with E-state index in [9.17, 15) is 19.2 Å². The molecule has 2 N–H and O–H groups in total. The smallest absolute Gasteiger partial charge is 0.277 e. The molecule has 0 aromatic rings. The largest absolute Gasteiger partial charge is 0.328 e. The Kier molecular flexibility index (Phi) is 2.91. The van der Waals surface area contributed by atoms with Crippen LogP contribution >= 0.6 is 0 Å². The van der Waals surface area contributed by atoms with Gasteiger partial charge in [0.15, 0.2) is 0 Å². The topological polar surface area (TPSA) is 92.3 Å². The van der Waals surface area contributed by atoms with Crippen molar-refractivity contribution in [2.45, 2.75) is 0 Å². The summed E-state index contributed by atoms with van der Waals surface area (Å²) >= 11 is 0. The summed E-state index contributed by atoms with van der Waals surface area (Å²) in [7, 11) is 0. The van der Waals surface area contributed by atoms with Gasteiger partial charge in [0.2, 0.25) is 0 Å². The van der Waals surface area contributed by atoms with Crippen LogP contribution in [0.3, 0.4) is 0 Å². The number of ketones is 1. The van der Waals surface area contributed by atoms with Crippen LogP contribution in [-0.2, 0) is 31.5 Å². The van der Waals surface area contributed by atoms with E-state index in [1.54, 1.807) is 10.6 Å². The predicted octanol–water partition coefficient (Wildman–Crippen LogP) is -2.08. The van der Waals surface area contributed by atoms with Gasteiger partial charge in [0.1, 0.15) is 0 Å². The number of imide groups is 2. The van der Waals surface area contributed by atoms with Crippen LogP contribution in [0.5, 0.6) is 0 Å². The van der Waals surface area contributed by atoms with Crippen molar-refractivity contribution >= 4 is 23.6 Å². The summed E-state index contributed by atoms with van der Waals surface area (Å²) in [6.45, 7) is 0. The minimum absolute atomic E-state index is 0. The minimum atomic E-state index is -1.25.